The molecule has 1 amide bonds. The van der Waals surface area contributed by atoms with E-state index in [0.717, 1.165) is 39.0 Å². The number of thiazole rings is 2. The SMILES string of the molecule is CCOC(=O)[C@@H]1CCc2sc(NC(=O)Cc3sc(C)nc3C)nc21. The van der Waals surface area contributed by atoms with Gasteiger partial charge in [-0.05, 0) is 33.6 Å². The Labute approximate surface area is 148 Å². The van der Waals surface area contributed by atoms with Crippen molar-refractivity contribution in [3.8, 4) is 0 Å². The van der Waals surface area contributed by atoms with E-state index in [0.29, 0.717) is 18.2 Å². The first-order valence-electron chi connectivity index (χ1n) is 7.87. The van der Waals surface area contributed by atoms with Gasteiger partial charge in [0.15, 0.2) is 5.13 Å². The predicted molar refractivity (Wildman–Crippen MR) is 93.7 cm³/mol. The lowest BCUT2D eigenvalue weighted by Gasteiger charge is -2.07. The Hall–Kier alpha value is -1.80. The number of amides is 1. The van der Waals surface area contributed by atoms with Gasteiger partial charge in [-0.15, -0.1) is 22.7 Å². The number of esters is 1. The lowest BCUT2D eigenvalue weighted by atomic mass is 10.1. The van der Waals surface area contributed by atoms with Crippen LogP contribution in [0.1, 0.15) is 45.4 Å². The Balaban J connectivity index is 1.67. The largest absolute Gasteiger partial charge is 0.465 e. The molecule has 3 rings (SSSR count). The van der Waals surface area contributed by atoms with Crippen LogP contribution < -0.4 is 5.32 Å². The molecule has 2 aromatic rings. The third kappa shape index (κ3) is 3.49. The third-order valence-electron chi connectivity index (χ3n) is 3.86. The maximum Gasteiger partial charge on any atom is 0.315 e. The fourth-order valence-corrected chi connectivity index (χ4v) is 4.79. The number of fused-ring (bicyclic) bond motifs is 1. The molecule has 0 saturated heterocycles. The minimum absolute atomic E-state index is 0.109. The van der Waals surface area contributed by atoms with Crippen LogP contribution in [-0.2, 0) is 27.2 Å². The molecule has 0 radical (unpaired) electrons. The van der Waals surface area contributed by atoms with Crippen LogP contribution in [0.25, 0.3) is 0 Å². The number of carbonyl (C=O) groups excluding carboxylic acids is 2. The first-order chi connectivity index (χ1) is 11.5. The lowest BCUT2D eigenvalue weighted by Crippen LogP contribution is -2.16. The molecule has 0 aliphatic heterocycles. The van der Waals surface area contributed by atoms with Crippen molar-refractivity contribution in [2.24, 2.45) is 0 Å². The Morgan fingerprint density at radius 2 is 2.08 bits per heavy atom. The Morgan fingerprint density at radius 3 is 2.75 bits per heavy atom. The molecule has 128 valence electrons. The van der Waals surface area contributed by atoms with Gasteiger partial charge in [-0.3, -0.25) is 9.59 Å². The summed E-state index contributed by atoms with van der Waals surface area (Å²) in [5.74, 6) is -0.634. The number of rotatable bonds is 5. The summed E-state index contributed by atoms with van der Waals surface area (Å²) in [4.78, 5) is 35.0. The van der Waals surface area contributed by atoms with Crippen molar-refractivity contribution in [3.05, 3.63) is 26.1 Å². The third-order valence-corrected chi connectivity index (χ3v) is 5.98. The van der Waals surface area contributed by atoms with Gasteiger partial charge in [0.1, 0.15) is 5.92 Å². The van der Waals surface area contributed by atoms with E-state index in [9.17, 15) is 9.59 Å². The van der Waals surface area contributed by atoms with Crippen LogP contribution in [0.15, 0.2) is 0 Å². The van der Waals surface area contributed by atoms with E-state index < -0.39 is 0 Å². The molecule has 1 aliphatic carbocycles. The van der Waals surface area contributed by atoms with E-state index >= 15 is 0 Å². The van der Waals surface area contributed by atoms with Gasteiger partial charge in [0, 0.05) is 9.75 Å². The summed E-state index contributed by atoms with van der Waals surface area (Å²) in [7, 11) is 0. The number of aromatic nitrogens is 2. The molecule has 0 unspecified atom stereocenters. The zero-order valence-electron chi connectivity index (χ0n) is 13.8. The zero-order valence-corrected chi connectivity index (χ0v) is 15.5. The molecule has 6 nitrogen and oxygen atoms in total. The highest BCUT2D eigenvalue weighted by Gasteiger charge is 2.33. The van der Waals surface area contributed by atoms with Crippen LogP contribution in [0.3, 0.4) is 0 Å². The number of anilines is 1. The molecule has 2 heterocycles. The van der Waals surface area contributed by atoms with Gasteiger partial charge in [0.05, 0.1) is 29.4 Å². The van der Waals surface area contributed by atoms with E-state index in [1.54, 1.807) is 6.92 Å². The maximum absolute atomic E-state index is 12.2. The molecule has 0 aromatic carbocycles. The first-order valence-corrected chi connectivity index (χ1v) is 9.50. The van der Waals surface area contributed by atoms with Crippen LogP contribution in [0.5, 0.6) is 0 Å². The monoisotopic (exact) mass is 365 g/mol. The Morgan fingerprint density at radius 1 is 1.29 bits per heavy atom. The number of ether oxygens (including phenoxy) is 1. The molecule has 0 spiro atoms. The van der Waals surface area contributed by atoms with Crippen molar-refractivity contribution in [1.29, 1.82) is 0 Å². The van der Waals surface area contributed by atoms with Crippen molar-refractivity contribution in [1.82, 2.24) is 9.97 Å². The van der Waals surface area contributed by atoms with Gasteiger partial charge < -0.3 is 10.1 Å². The van der Waals surface area contributed by atoms with Crippen LogP contribution >= 0.6 is 22.7 Å². The van der Waals surface area contributed by atoms with Gasteiger partial charge in [0.2, 0.25) is 5.91 Å². The summed E-state index contributed by atoms with van der Waals surface area (Å²) in [5.41, 5.74) is 1.66. The fraction of sp³-hybridized carbons (Fsp3) is 0.500. The second kappa shape index (κ2) is 6.98. The van der Waals surface area contributed by atoms with E-state index in [4.69, 9.17) is 4.74 Å². The summed E-state index contributed by atoms with van der Waals surface area (Å²) in [6, 6.07) is 0. The minimum Gasteiger partial charge on any atom is -0.465 e. The van der Waals surface area contributed by atoms with Crippen LogP contribution in [-0.4, -0.2) is 28.5 Å². The number of hydrogen-bond acceptors (Lipinski definition) is 7. The van der Waals surface area contributed by atoms with E-state index in [1.807, 2.05) is 13.8 Å². The summed E-state index contributed by atoms with van der Waals surface area (Å²) < 4.78 is 5.10. The average molecular weight is 365 g/mol. The molecule has 1 aliphatic rings. The smallest absolute Gasteiger partial charge is 0.315 e. The van der Waals surface area contributed by atoms with Crippen molar-refractivity contribution in [2.45, 2.75) is 46.0 Å². The number of aryl methyl sites for hydroxylation is 3. The van der Waals surface area contributed by atoms with Gasteiger partial charge in [-0.1, -0.05) is 0 Å². The normalized spacial score (nSPS) is 16.0. The number of hydrogen-bond donors (Lipinski definition) is 1. The van der Waals surface area contributed by atoms with Crippen molar-refractivity contribution in [3.63, 3.8) is 0 Å². The van der Waals surface area contributed by atoms with Gasteiger partial charge in [-0.2, -0.15) is 0 Å². The van der Waals surface area contributed by atoms with Crippen LogP contribution in [0.4, 0.5) is 5.13 Å². The predicted octanol–water partition coefficient (Wildman–Crippen LogP) is 2.99. The van der Waals surface area contributed by atoms with Crippen LogP contribution in [0, 0.1) is 13.8 Å². The summed E-state index contributed by atoms with van der Waals surface area (Å²) in [6.07, 6.45) is 1.84. The molecule has 0 bridgehead atoms. The maximum atomic E-state index is 12.2. The first kappa shape index (κ1) is 17.0. The molecule has 8 heteroatoms. The molecule has 0 saturated carbocycles. The van der Waals surface area contributed by atoms with Crippen molar-refractivity contribution < 1.29 is 14.3 Å². The molecular weight excluding hydrogens is 346 g/mol. The summed E-state index contributed by atoms with van der Waals surface area (Å²) >= 11 is 2.98. The van der Waals surface area contributed by atoms with Crippen molar-refractivity contribution in [2.75, 3.05) is 11.9 Å². The van der Waals surface area contributed by atoms with Crippen molar-refractivity contribution >= 4 is 39.7 Å². The highest BCUT2D eigenvalue weighted by Crippen LogP contribution is 2.39. The molecule has 1 atom stereocenters. The van der Waals surface area contributed by atoms with Gasteiger partial charge in [-0.25, -0.2) is 9.97 Å². The Bertz CT molecular complexity index is 782. The van der Waals surface area contributed by atoms with E-state index in [2.05, 4.69) is 15.3 Å². The highest BCUT2D eigenvalue weighted by atomic mass is 32.1. The summed E-state index contributed by atoms with van der Waals surface area (Å²) in [6.45, 7) is 6.00. The second-order valence-corrected chi connectivity index (χ2v) is 8.01. The van der Waals surface area contributed by atoms with E-state index in [1.165, 1.54) is 22.7 Å². The molecule has 1 N–H and O–H groups in total. The molecule has 0 fully saturated rings. The average Bonchev–Trinajstić information content (AvgIpc) is 3.14. The zero-order chi connectivity index (χ0) is 17.3. The van der Waals surface area contributed by atoms with Gasteiger partial charge >= 0.3 is 5.97 Å². The van der Waals surface area contributed by atoms with Crippen LogP contribution in [0.2, 0.25) is 0 Å². The standard InChI is InChI=1S/C16H19N3O3S2/c1-4-22-15(21)10-5-6-11-14(10)19-16(24-11)18-13(20)7-12-8(2)17-9(3)23-12/h10H,4-7H2,1-3H3,(H,18,19,20)/t10-/m1/s1. The minimum atomic E-state index is -0.298. The summed E-state index contributed by atoms with van der Waals surface area (Å²) in [5, 5.41) is 4.36. The van der Waals surface area contributed by atoms with E-state index in [-0.39, 0.29) is 17.8 Å². The highest BCUT2D eigenvalue weighted by molar-refractivity contribution is 7.16. The fourth-order valence-electron chi connectivity index (χ4n) is 2.80. The number of carbonyl (C=O) groups is 2. The number of nitrogens with zero attached hydrogens (tertiary/aromatic N) is 2. The molecule has 2 aromatic heterocycles. The lowest BCUT2D eigenvalue weighted by molar-refractivity contribution is -0.145. The quantitative estimate of drug-likeness (QED) is 0.824. The Kier molecular flexibility index (Phi) is 4.96. The second-order valence-electron chi connectivity index (χ2n) is 5.64. The van der Waals surface area contributed by atoms with Gasteiger partial charge in [0.25, 0.3) is 0 Å². The topological polar surface area (TPSA) is 81.2 Å². The number of nitrogens with one attached hydrogen (secondary N) is 1. The molecular formula is C16H19N3O3S2. The molecule has 24 heavy (non-hydrogen) atoms.